The molecule has 0 bridgehead atoms. The molecular weight excluding hydrogens is 332 g/mol. The largest absolute Gasteiger partial charge is 0.356 e. The average molecular weight is 361 g/mol. The lowest BCUT2D eigenvalue weighted by atomic mass is 10.1. The van der Waals surface area contributed by atoms with Gasteiger partial charge >= 0.3 is 0 Å². The number of thiophene rings is 1. The molecule has 0 saturated heterocycles. The first-order valence-electron chi connectivity index (χ1n) is 7.82. The number of sulfonamides is 1. The molecule has 0 aliphatic heterocycles. The van der Waals surface area contributed by atoms with Crippen LogP contribution in [-0.2, 0) is 10.0 Å². The van der Waals surface area contributed by atoms with Gasteiger partial charge in [0, 0.05) is 44.5 Å². The molecule has 0 aliphatic rings. The van der Waals surface area contributed by atoms with Crippen LogP contribution in [0.4, 0.5) is 0 Å². The van der Waals surface area contributed by atoms with E-state index in [9.17, 15) is 8.42 Å². The van der Waals surface area contributed by atoms with E-state index in [1.54, 1.807) is 32.4 Å². The maximum absolute atomic E-state index is 11.6. The second-order valence-corrected chi connectivity index (χ2v) is 8.72. The molecule has 0 spiro atoms. The zero-order chi connectivity index (χ0) is 17.3. The molecule has 0 amide bonds. The smallest absolute Gasteiger partial charge is 0.213 e. The van der Waals surface area contributed by atoms with Crippen LogP contribution in [0.2, 0.25) is 0 Å². The van der Waals surface area contributed by atoms with E-state index >= 15 is 0 Å². The fourth-order valence-corrected chi connectivity index (χ4v) is 3.65. The minimum atomic E-state index is -3.09. The van der Waals surface area contributed by atoms with Crippen LogP contribution in [-0.4, -0.2) is 58.2 Å². The highest BCUT2D eigenvalue weighted by molar-refractivity contribution is 7.89. The van der Waals surface area contributed by atoms with Gasteiger partial charge in [-0.2, -0.15) is 0 Å². The van der Waals surface area contributed by atoms with Crippen molar-refractivity contribution < 1.29 is 8.42 Å². The van der Waals surface area contributed by atoms with Gasteiger partial charge in [-0.1, -0.05) is 13.0 Å². The van der Waals surface area contributed by atoms with Gasteiger partial charge in [0.1, 0.15) is 0 Å². The van der Waals surface area contributed by atoms with Crippen molar-refractivity contribution in [1.29, 1.82) is 0 Å². The Morgan fingerprint density at radius 2 is 2.17 bits per heavy atom. The van der Waals surface area contributed by atoms with Gasteiger partial charge in [-0.15, -0.1) is 11.3 Å². The predicted octanol–water partition coefficient (Wildman–Crippen LogP) is 1.69. The molecule has 1 heterocycles. The SMILES string of the molecule is CCS(=O)(=O)N(C)CCCNC(=NC)NCC(C)c1cccs1. The van der Waals surface area contributed by atoms with E-state index in [1.807, 2.05) is 0 Å². The fraction of sp³-hybridized carbons (Fsp3) is 0.667. The van der Waals surface area contributed by atoms with Crippen molar-refractivity contribution in [2.45, 2.75) is 26.2 Å². The lowest BCUT2D eigenvalue weighted by molar-refractivity contribution is 0.461. The molecule has 0 saturated carbocycles. The van der Waals surface area contributed by atoms with Gasteiger partial charge in [0.15, 0.2) is 5.96 Å². The third-order valence-corrected chi connectivity index (χ3v) is 6.58. The van der Waals surface area contributed by atoms with Gasteiger partial charge in [0.2, 0.25) is 10.0 Å². The highest BCUT2D eigenvalue weighted by Gasteiger charge is 2.14. The number of guanidine groups is 1. The number of aliphatic imine (C=N–C) groups is 1. The average Bonchev–Trinajstić information content (AvgIpc) is 3.08. The molecule has 1 aromatic heterocycles. The zero-order valence-corrected chi connectivity index (χ0v) is 16.0. The van der Waals surface area contributed by atoms with Gasteiger partial charge < -0.3 is 10.6 Å². The van der Waals surface area contributed by atoms with Gasteiger partial charge in [-0.25, -0.2) is 12.7 Å². The maximum atomic E-state index is 11.6. The Balaban J connectivity index is 2.27. The number of hydrogen-bond acceptors (Lipinski definition) is 4. The molecule has 1 aromatic rings. The van der Waals surface area contributed by atoms with E-state index in [1.165, 1.54) is 9.18 Å². The second kappa shape index (κ2) is 9.89. The summed E-state index contributed by atoms with van der Waals surface area (Å²) in [7, 11) is 0.264. The minimum absolute atomic E-state index is 0.140. The summed E-state index contributed by atoms with van der Waals surface area (Å²) in [6, 6.07) is 4.20. The first kappa shape index (κ1) is 19.9. The van der Waals surface area contributed by atoms with Crippen molar-refractivity contribution in [2.24, 2.45) is 4.99 Å². The first-order valence-corrected chi connectivity index (χ1v) is 10.3. The van der Waals surface area contributed by atoms with Crippen molar-refractivity contribution in [3.63, 3.8) is 0 Å². The highest BCUT2D eigenvalue weighted by atomic mass is 32.2. The fourth-order valence-electron chi connectivity index (χ4n) is 2.01. The Morgan fingerprint density at radius 1 is 1.43 bits per heavy atom. The Hall–Kier alpha value is -1.12. The summed E-state index contributed by atoms with van der Waals surface area (Å²) < 4.78 is 24.7. The van der Waals surface area contributed by atoms with Crippen LogP contribution in [0.1, 0.15) is 31.1 Å². The van der Waals surface area contributed by atoms with Crippen LogP contribution in [0, 0.1) is 0 Å². The van der Waals surface area contributed by atoms with Crippen molar-refractivity contribution in [3.8, 4) is 0 Å². The predicted molar refractivity (Wildman–Crippen MR) is 98.8 cm³/mol. The molecule has 1 atom stereocenters. The van der Waals surface area contributed by atoms with E-state index in [0.29, 0.717) is 19.0 Å². The van der Waals surface area contributed by atoms with Crippen LogP contribution in [0.3, 0.4) is 0 Å². The lowest BCUT2D eigenvalue weighted by Crippen LogP contribution is -2.40. The van der Waals surface area contributed by atoms with Gasteiger partial charge in [0.25, 0.3) is 0 Å². The van der Waals surface area contributed by atoms with Crippen molar-refractivity contribution in [2.75, 3.05) is 39.5 Å². The quantitative estimate of drug-likeness (QED) is 0.399. The van der Waals surface area contributed by atoms with E-state index < -0.39 is 10.0 Å². The van der Waals surface area contributed by atoms with E-state index in [4.69, 9.17) is 0 Å². The second-order valence-electron chi connectivity index (χ2n) is 5.37. The Kier molecular flexibility index (Phi) is 8.57. The molecule has 23 heavy (non-hydrogen) atoms. The summed E-state index contributed by atoms with van der Waals surface area (Å²) in [6.45, 7) is 5.83. The summed E-state index contributed by atoms with van der Waals surface area (Å²) in [5.41, 5.74) is 0. The molecule has 0 radical (unpaired) electrons. The van der Waals surface area contributed by atoms with Crippen LogP contribution >= 0.6 is 11.3 Å². The summed E-state index contributed by atoms with van der Waals surface area (Å²) in [5.74, 6) is 1.31. The lowest BCUT2D eigenvalue weighted by Gasteiger charge is -2.17. The first-order chi connectivity index (χ1) is 10.9. The topological polar surface area (TPSA) is 73.8 Å². The van der Waals surface area contributed by atoms with Crippen LogP contribution < -0.4 is 10.6 Å². The molecule has 1 unspecified atom stereocenters. The van der Waals surface area contributed by atoms with Gasteiger partial charge in [-0.05, 0) is 24.8 Å². The summed E-state index contributed by atoms with van der Waals surface area (Å²) in [6.07, 6.45) is 0.733. The van der Waals surface area contributed by atoms with Crippen LogP contribution in [0.25, 0.3) is 0 Å². The number of rotatable bonds is 9. The molecule has 0 aliphatic carbocycles. The molecule has 0 aromatic carbocycles. The van der Waals surface area contributed by atoms with E-state index in [2.05, 4.69) is 40.1 Å². The monoisotopic (exact) mass is 360 g/mol. The maximum Gasteiger partial charge on any atom is 0.213 e. The van der Waals surface area contributed by atoms with Crippen molar-refractivity contribution >= 4 is 27.3 Å². The molecule has 1 rings (SSSR count). The highest BCUT2D eigenvalue weighted by Crippen LogP contribution is 2.19. The third-order valence-electron chi connectivity index (χ3n) is 3.61. The molecule has 8 heteroatoms. The van der Waals surface area contributed by atoms with Gasteiger partial charge in [0.05, 0.1) is 5.75 Å². The Morgan fingerprint density at radius 3 is 2.74 bits per heavy atom. The van der Waals surface area contributed by atoms with Gasteiger partial charge in [-0.3, -0.25) is 4.99 Å². The number of nitrogens with one attached hydrogen (secondary N) is 2. The third kappa shape index (κ3) is 6.88. The van der Waals surface area contributed by atoms with Crippen LogP contribution in [0.15, 0.2) is 22.5 Å². The van der Waals surface area contributed by atoms with E-state index in [0.717, 1.165) is 18.9 Å². The molecule has 2 N–H and O–H groups in total. The van der Waals surface area contributed by atoms with Crippen molar-refractivity contribution in [1.82, 2.24) is 14.9 Å². The normalized spacial score (nSPS) is 14.0. The Labute approximate surface area is 144 Å². The Bertz CT molecular complexity index is 570. The van der Waals surface area contributed by atoms with Crippen molar-refractivity contribution in [3.05, 3.63) is 22.4 Å². The summed E-state index contributed by atoms with van der Waals surface area (Å²) >= 11 is 1.76. The number of nitrogens with zero attached hydrogens (tertiary/aromatic N) is 2. The number of hydrogen-bond donors (Lipinski definition) is 2. The molecule has 6 nitrogen and oxygen atoms in total. The minimum Gasteiger partial charge on any atom is -0.356 e. The summed E-state index contributed by atoms with van der Waals surface area (Å²) in [4.78, 5) is 5.54. The standard InChI is InChI=1S/C15H28N4O2S2/c1-5-23(20,21)19(4)10-7-9-17-15(16-3)18-12-13(2)14-8-6-11-22-14/h6,8,11,13H,5,7,9-10,12H2,1-4H3,(H2,16,17,18). The van der Waals surface area contributed by atoms with E-state index in [-0.39, 0.29) is 5.75 Å². The zero-order valence-electron chi connectivity index (χ0n) is 14.4. The summed E-state index contributed by atoms with van der Waals surface area (Å²) in [5, 5.41) is 8.60. The molecule has 132 valence electrons. The molecular formula is C15H28N4O2S2. The van der Waals surface area contributed by atoms with Crippen LogP contribution in [0.5, 0.6) is 0 Å². The molecule has 0 fully saturated rings.